The first kappa shape index (κ1) is 18.1. The van der Waals surface area contributed by atoms with Crippen molar-refractivity contribution in [1.82, 2.24) is 4.98 Å². The van der Waals surface area contributed by atoms with Gasteiger partial charge in [0.2, 0.25) is 0 Å². The minimum atomic E-state index is -0.403. The highest BCUT2D eigenvalue weighted by Crippen LogP contribution is 2.36. The predicted octanol–water partition coefficient (Wildman–Crippen LogP) is 7.17. The molecule has 0 amide bonds. The van der Waals surface area contributed by atoms with Gasteiger partial charge >= 0.3 is 0 Å². The quantitative estimate of drug-likeness (QED) is 0.517. The van der Waals surface area contributed by atoms with Crippen molar-refractivity contribution in [1.29, 1.82) is 0 Å². The van der Waals surface area contributed by atoms with E-state index in [2.05, 4.69) is 30.1 Å². The fourth-order valence-electron chi connectivity index (χ4n) is 3.57. The molecule has 0 unspecified atom stereocenters. The van der Waals surface area contributed by atoms with Gasteiger partial charge in [0, 0.05) is 11.8 Å². The van der Waals surface area contributed by atoms with Crippen LogP contribution < -0.4 is 0 Å². The zero-order valence-corrected chi connectivity index (χ0v) is 15.5. The molecule has 3 rings (SSSR count). The first-order chi connectivity index (χ1) is 12.2. The third kappa shape index (κ3) is 4.70. The van der Waals surface area contributed by atoms with Gasteiger partial charge in [0.25, 0.3) is 0 Å². The van der Waals surface area contributed by atoms with E-state index in [4.69, 9.17) is 11.6 Å². The van der Waals surface area contributed by atoms with Crippen LogP contribution in [0.5, 0.6) is 0 Å². The summed E-state index contributed by atoms with van der Waals surface area (Å²) in [6, 6.07) is 8.96. The lowest BCUT2D eigenvalue weighted by atomic mass is 9.79. The Kier molecular flexibility index (Phi) is 6.25. The maximum Gasteiger partial charge on any atom is 0.142 e. The van der Waals surface area contributed by atoms with Crippen LogP contribution in [-0.2, 0) is 0 Å². The van der Waals surface area contributed by atoms with Crippen LogP contribution in [0.1, 0.15) is 56.9 Å². The number of rotatable bonds is 5. The van der Waals surface area contributed by atoms with Crippen LogP contribution in [0.3, 0.4) is 0 Å². The van der Waals surface area contributed by atoms with E-state index in [1.807, 2.05) is 12.3 Å². The first-order valence-electron chi connectivity index (χ1n) is 9.25. The van der Waals surface area contributed by atoms with E-state index in [0.29, 0.717) is 5.92 Å². The number of pyridine rings is 1. The van der Waals surface area contributed by atoms with Crippen molar-refractivity contribution in [3.8, 4) is 11.3 Å². The number of aromatic nitrogens is 1. The fraction of sp³-hybridized carbons (Fsp3) is 0.409. The minimum absolute atomic E-state index is 0.144. The highest BCUT2D eigenvalue weighted by molar-refractivity contribution is 6.30. The molecule has 1 nitrogen and oxygen atoms in total. The predicted molar refractivity (Wildman–Crippen MR) is 103 cm³/mol. The van der Waals surface area contributed by atoms with E-state index >= 15 is 0 Å². The summed E-state index contributed by atoms with van der Waals surface area (Å²) < 4.78 is 13.6. The number of hydrogen-bond acceptors (Lipinski definition) is 1. The van der Waals surface area contributed by atoms with Crippen molar-refractivity contribution in [2.24, 2.45) is 5.92 Å². The second-order valence-corrected chi connectivity index (χ2v) is 7.34. The first-order valence-corrected chi connectivity index (χ1v) is 9.63. The number of allylic oxidation sites excluding steroid dienone is 2. The van der Waals surface area contributed by atoms with E-state index in [0.717, 1.165) is 17.2 Å². The molecule has 0 bridgehead atoms. The van der Waals surface area contributed by atoms with Crippen molar-refractivity contribution < 1.29 is 4.39 Å². The van der Waals surface area contributed by atoms with Crippen molar-refractivity contribution in [3.05, 3.63) is 65.1 Å². The Morgan fingerprint density at radius 2 is 1.96 bits per heavy atom. The summed E-state index contributed by atoms with van der Waals surface area (Å²) in [7, 11) is 0. The Morgan fingerprint density at radius 3 is 2.60 bits per heavy atom. The Morgan fingerprint density at radius 1 is 1.16 bits per heavy atom. The van der Waals surface area contributed by atoms with Gasteiger partial charge in [-0.2, -0.15) is 0 Å². The molecule has 0 aliphatic heterocycles. The van der Waals surface area contributed by atoms with Crippen molar-refractivity contribution >= 4 is 11.6 Å². The molecule has 1 heterocycles. The van der Waals surface area contributed by atoms with Crippen molar-refractivity contribution in [3.63, 3.8) is 0 Å². The number of hydrogen-bond donors (Lipinski definition) is 0. The van der Waals surface area contributed by atoms with Gasteiger partial charge in [-0.15, -0.1) is 0 Å². The second kappa shape index (κ2) is 8.62. The third-order valence-corrected chi connectivity index (χ3v) is 5.42. The minimum Gasteiger partial charge on any atom is -0.256 e. The molecule has 1 aromatic carbocycles. The lowest BCUT2D eigenvalue weighted by Gasteiger charge is -2.27. The average molecular weight is 358 g/mol. The molecule has 1 fully saturated rings. The van der Waals surface area contributed by atoms with E-state index in [-0.39, 0.29) is 5.02 Å². The van der Waals surface area contributed by atoms with Gasteiger partial charge in [0.05, 0.1) is 10.7 Å². The average Bonchev–Trinajstić information content (AvgIpc) is 2.65. The summed E-state index contributed by atoms with van der Waals surface area (Å²) in [5, 5.41) is 0.144. The van der Waals surface area contributed by atoms with Crippen LogP contribution in [0, 0.1) is 11.7 Å². The molecule has 2 aromatic rings. The van der Waals surface area contributed by atoms with E-state index < -0.39 is 5.82 Å². The monoisotopic (exact) mass is 357 g/mol. The second-order valence-electron chi connectivity index (χ2n) is 6.93. The molecular weight excluding hydrogens is 333 g/mol. The molecule has 3 heteroatoms. The number of halogens is 2. The summed E-state index contributed by atoms with van der Waals surface area (Å²) in [6.45, 7) is 2.22. The maximum atomic E-state index is 13.6. The molecule has 25 heavy (non-hydrogen) atoms. The maximum absolute atomic E-state index is 13.6. The van der Waals surface area contributed by atoms with Gasteiger partial charge in [0.15, 0.2) is 0 Å². The fourth-order valence-corrected chi connectivity index (χ4v) is 3.69. The molecule has 1 saturated carbocycles. The Bertz CT molecular complexity index is 715. The van der Waals surface area contributed by atoms with Crippen LogP contribution in [0.2, 0.25) is 5.02 Å². The van der Waals surface area contributed by atoms with Gasteiger partial charge in [0.1, 0.15) is 5.82 Å². The highest BCUT2D eigenvalue weighted by atomic mass is 35.5. The largest absolute Gasteiger partial charge is 0.256 e. The summed E-state index contributed by atoms with van der Waals surface area (Å²) in [5.41, 5.74) is 2.85. The Hall–Kier alpha value is -1.67. The van der Waals surface area contributed by atoms with Crippen LogP contribution in [-0.4, -0.2) is 4.98 Å². The number of nitrogens with zero attached hydrogens (tertiary/aromatic N) is 1. The van der Waals surface area contributed by atoms with Crippen molar-refractivity contribution in [2.45, 2.75) is 51.4 Å². The zero-order chi connectivity index (χ0) is 17.6. The third-order valence-electron chi connectivity index (χ3n) is 5.11. The molecule has 0 atom stereocenters. The van der Waals surface area contributed by atoms with Crippen LogP contribution in [0.25, 0.3) is 11.3 Å². The zero-order valence-electron chi connectivity index (χ0n) is 14.7. The number of benzene rings is 1. The topological polar surface area (TPSA) is 12.9 Å². The molecule has 1 aliphatic rings. The van der Waals surface area contributed by atoms with Gasteiger partial charge < -0.3 is 0 Å². The molecular formula is C22H25ClFN. The summed E-state index contributed by atoms with van der Waals surface area (Å²) in [4.78, 5) is 4.55. The van der Waals surface area contributed by atoms with E-state index in [1.165, 1.54) is 50.2 Å². The lowest BCUT2D eigenvalue weighted by Crippen LogP contribution is -2.12. The van der Waals surface area contributed by atoms with Gasteiger partial charge in [-0.25, -0.2) is 4.39 Å². The molecule has 132 valence electrons. The van der Waals surface area contributed by atoms with Gasteiger partial charge in [-0.1, -0.05) is 49.2 Å². The Labute approximate surface area is 154 Å². The van der Waals surface area contributed by atoms with Gasteiger partial charge in [-0.3, -0.25) is 4.98 Å². The molecule has 0 radical (unpaired) electrons. The normalized spacial score (nSPS) is 20.9. The molecule has 0 N–H and O–H groups in total. The lowest BCUT2D eigenvalue weighted by molar-refractivity contribution is 0.375. The number of unbranched alkanes of at least 4 members (excludes halogenated alkanes) is 1. The Balaban J connectivity index is 1.62. The van der Waals surface area contributed by atoms with Gasteiger partial charge in [-0.05, 0) is 67.7 Å². The molecule has 0 spiro atoms. The van der Waals surface area contributed by atoms with Crippen LogP contribution >= 0.6 is 11.6 Å². The standard InChI is InChI=1S/C22H25ClFN/c1-2-3-4-5-16-6-8-17(9-7-16)19-11-13-22(25-15-19)18-10-12-20(23)21(24)14-18/h4-5,10-17H,2-3,6-9H2,1H3/b5-4+/t16-,17-. The summed E-state index contributed by atoms with van der Waals surface area (Å²) in [5.74, 6) is 0.936. The summed E-state index contributed by atoms with van der Waals surface area (Å²) >= 11 is 5.75. The van der Waals surface area contributed by atoms with E-state index in [9.17, 15) is 4.39 Å². The van der Waals surface area contributed by atoms with Crippen LogP contribution in [0.4, 0.5) is 4.39 Å². The highest BCUT2D eigenvalue weighted by Gasteiger charge is 2.21. The summed E-state index contributed by atoms with van der Waals surface area (Å²) in [6.07, 6.45) is 14.1. The smallest absolute Gasteiger partial charge is 0.142 e. The van der Waals surface area contributed by atoms with Crippen molar-refractivity contribution in [2.75, 3.05) is 0 Å². The molecule has 1 aromatic heterocycles. The molecule has 1 aliphatic carbocycles. The SMILES string of the molecule is CCC/C=C/[C@H]1CC[C@H](c2ccc(-c3ccc(Cl)c(F)c3)nc2)CC1. The van der Waals surface area contributed by atoms with E-state index in [1.54, 1.807) is 12.1 Å². The van der Waals surface area contributed by atoms with Crippen LogP contribution in [0.15, 0.2) is 48.7 Å². The molecule has 0 saturated heterocycles.